The number of benzene rings is 2. The third-order valence-electron chi connectivity index (χ3n) is 6.81. The molecule has 0 spiro atoms. The second-order valence-corrected chi connectivity index (χ2v) is 9.02. The number of piperazine rings is 1. The highest BCUT2D eigenvalue weighted by atomic mass is 19.1. The number of nitrogens with zero attached hydrogens (tertiary/aromatic N) is 2. The summed E-state index contributed by atoms with van der Waals surface area (Å²) >= 11 is 0. The Kier molecular flexibility index (Phi) is 8.00. The van der Waals surface area contributed by atoms with Crippen molar-refractivity contribution >= 4 is 17.6 Å². The SMILES string of the molecule is COc1ccc(NC(=O)N2CCN(C(C(=O)NCc3cccc(F)c3)C3CCCC3)CC2)cc1. The van der Waals surface area contributed by atoms with Crippen LogP contribution < -0.4 is 15.4 Å². The number of hydrogen-bond acceptors (Lipinski definition) is 4. The van der Waals surface area contributed by atoms with Gasteiger partial charge in [0.25, 0.3) is 0 Å². The minimum absolute atomic E-state index is 0.00713. The van der Waals surface area contributed by atoms with Crippen molar-refractivity contribution in [2.24, 2.45) is 5.92 Å². The zero-order valence-electron chi connectivity index (χ0n) is 19.6. The number of carbonyl (C=O) groups is 2. The predicted molar refractivity (Wildman–Crippen MR) is 129 cm³/mol. The maximum atomic E-state index is 13.5. The van der Waals surface area contributed by atoms with Crippen molar-refractivity contribution in [1.29, 1.82) is 0 Å². The highest BCUT2D eigenvalue weighted by Gasteiger charge is 2.37. The first-order valence-electron chi connectivity index (χ1n) is 12.0. The van der Waals surface area contributed by atoms with Crippen LogP contribution in [0.15, 0.2) is 48.5 Å². The second-order valence-electron chi connectivity index (χ2n) is 9.02. The molecule has 1 aliphatic carbocycles. The van der Waals surface area contributed by atoms with Crippen LogP contribution in [0.1, 0.15) is 31.2 Å². The molecule has 7 nitrogen and oxygen atoms in total. The van der Waals surface area contributed by atoms with Crippen LogP contribution in [0.2, 0.25) is 0 Å². The topological polar surface area (TPSA) is 73.9 Å². The lowest BCUT2D eigenvalue weighted by molar-refractivity contribution is -0.129. The Morgan fingerprint density at radius 1 is 1.06 bits per heavy atom. The fraction of sp³-hybridized carbons (Fsp3) is 0.462. The van der Waals surface area contributed by atoms with Gasteiger partial charge in [0, 0.05) is 38.4 Å². The van der Waals surface area contributed by atoms with Gasteiger partial charge in [-0.05, 0) is 60.7 Å². The summed E-state index contributed by atoms with van der Waals surface area (Å²) < 4.78 is 18.7. The Morgan fingerprint density at radius 2 is 1.76 bits per heavy atom. The fourth-order valence-corrected chi connectivity index (χ4v) is 4.97. The first-order chi connectivity index (χ1) is 16.5. The molecule has 1 heterocycles. The lowest BCUT2D eigenvalue weighted by Crippen LogP contribution is -2.58. The highest BCUT2D eigenvalue weighted by molar-refractivity contribution is 5.89. The third kappa shape index (κ3) is 6.05. The molecule has 2 aliphatic rings. The average Bonchev–Trinajstić information content (AvgIpc) is 3.38. The normalized spacial score (nSPS) is 17.9. The van der Waals surface area contributed by atoms with E-state index in [9.17, 15) is 14.0 Å². The summed E-state index contributed by atoms with van der Waals surface area (Å²) in [5.41, 5.74) is 1.47. The molecular formula is C26H33FN4O3. The molecule has 3 amide bonds. The Hall–Kier alpha value is -3.13. The molecule has 2 fully saturated rings. The van der Waals surface area contributed by atoms with Crippen molar-refractivity contribution in [3.8, 4) is 5.75 Å². The van der Waals surface area contributed by atoms with E-state index in [2.05, 4.69) is 15.5 Å². The summed E-state index contributed by atoms with van der Waals surface area (Å²) in [6, 6.07) is 13.2. The van der Waals surface area contributed by atoms with Crippen LogP contribution >= 0.6 is 0 Å². The third-order valence-corrected chi connectivity index (χ3v) is 6.81. The minimum atomic E-state index is -0.303. The van der Waals surface area contributed by atoms with E-state index in [-0.39, 0.29) is 23.8 Å². The van der Waals surface area contributed by atoms with E-state index >= 15 is 0 Å². The van der Waals surface area contributed by atoms with E-state index in [1.807, 2.05) is 30.3 Å². The van der Waals surface area contributed by atoms with E-state index in [1.165, 1.54) is 12.1 Å². The predicted octanol–water partition coefficient (Wildman–Crippen LogP) is 3.86. The number of hydrogen-bond donors (Lipinski definition) is 2. The average molecular weight is 469 g/mol. The van der Waals surface area contributed by atoms with Gasteiger partial charge >= 0.3 is 6.03 Å². The van der Waals surface area contributed by atoms with Gasteiger partial charge in [-0.15, -0.1) is 0 Å². The van der Waals surface area contributed by atoms with Crippen LogP contribution in [0.25, 0.3) is 0 Å². The summed E-state index contributed by atoms with van der Waals surface area (Å²) in [5.74, 6) is 0.739. The molecule has 4 rings (SSSR count). The van der Waals surface area contributed by atoms with Gasteiger partial charge in [0.05, 0.1) is 13.2 Å². The number of amides is 3. The van der Waals surface area contributed by atoms with Gasteiger partial charge in [-0.3, -0.25) is 9.69 Å². The number of ether oxygens (including phenoxy) is 1. The maximum Gasteiger partial charge on any atom is 0.321 e. The minimum Gasteiger partial charge on any atom is -0.497 e. The Balaban J connectivity index is 1.33. The molecule has 0 radical (unpaired) electrons. The van der Waals surface area contributed by atoms with Crippen LogP contribution in [-0.4, -0.2) is 61.1 Å². The standard InChI is InChI=1S/C26H33FN4O3/c1-34-23-11-9-22(10-12-23)29-26(33)31-15-13-30(14-16-31)24(20-6-2-3-7-20)25(32)28-18-19-5-4-8-21(27)17-19/h4-5,8-12,17,20,24H,2-3,6-7,13-16,18H2,1H3,(H,28,32)(H,29,33). The summed E-state index contributed by atoms with van der Waals surface area (Å²) in [6.07, 6.45) is 4.36. The zero-order valence-corrected chi connectivity index (χ0v) is 19.6. The zero-order chi connectivity index (χ0) is 23.9. The van der Waals surface area contributed by atoms with Crippen LogP contribution in [-0.2, 0) is 11.3 Å². The van der Waals surface area contributed by atoms with Gasteiger partial charge in [-0.2, -0.15) is 0 Å². The van der Waals surface area contributed by atoms with Crippen molar-refractivity contribution in [2.75, 3.05) is 38.6 Å². The van der Waals surface area contributed by atoms with E-state index < -0.39 is 0 Å². The monoisotopic (exact) mass is 468 g/mol. The summed E-state index contributed by atoms with van der Waals surface area (Å²) in [6.45, 7) is 2.71. The van der Waals surface area contributed by atoms with Crippen molar-refractivity contribution in [3.05, 3.63) is 59.9 Å². The van der Waals surface area contributed by atoms with E-state index in [0.717, 1.165) is 37.0 Å². The number of methoxy groups -OCH3 is 1. The molecule has 34 heavy (non-hydrogen) atoms. The van der Waals surface area contributed by atoms with Crippen LogP contribution in [0.5, 0.6) is 5.75 Å². The molecule has 1 atom stereocenters. The van der Waals surface area contributed by atoms with Gasteiger partial charge in [-0.25, -0.2) is 9.18 Å². The summed E-state index contributed by atoms with van der Waals surface area (Å²) in [5, 5.41) is 5.96. The van der Waals surface area contributed by atoms with Gasteiger partial charge in [0.1, 0.15) is 11.6 Å². The number of urea groups is 1. The fourth-order valence-electron chi connectivity index (χ4n) is 4.97. The molecule has 2 aromatic rings. The van der Waals surface area contributed by atoms with Crippen LogP contribution in [0.4, 0.5) is 14.9 Å². The molecule has 1 aliphatic heterocycles. The number of rotatable bonds is 7. The van der Waals surface area contributed by atoms with Crippen molar-refractivity contribution in [3.63, 3.8) is 0 Å². The molecule has 1 saturated carbocycles. The van der Waals surface area contributed by atoms with Gasteiger partial charge < -0.3 is 20.3 Å². The highest BCUT2D eigenvalue weighted by Crippen LogP contribution is 2.31. The number of carbonyl (C=O) groups excluding carboxylic acids is 2. The molecule has 0 bridgehead atoms. The molecule has 1 saturated heterocycles. The molecule has 182 valence electrons. The Bertz CT molecular complexity index is 970. The van der Waals surface area contributed by atoms with Gasteiger partial charge in [-0.1, -0.05) is 25.0 Å². The smallest absolute Gasteiger partial charge is 0.321 e. The quantitative estimate of drug-likeness (QED) is 0.647. The molecular weight excluding hydrogens is 435 g/mol. The molecule has 2 N–H and O–H groups in total. The van der Waals surface area contributed by atoms with Crippen molar-refractivity contribution in [1.82, 2.24) is 15.1 Å². The number of anilines is 1. The summed E-state index contributed by atoms with van der Waals surface area (Å²) in [4.78, 5) is 30.0. The van der Waals surface area contributed by atoms with Gasteiger partial charge in [0.2, 0.25) is 5.91 Å². The van der Waals surface area contributed by atoms with Crippen LogP contribution in [0.3, 0.4) is 0 Å². The van der Waals surface area contributed by atoms with Crippen molar-refractivity contribution in [2.45, 2.75) is 38.3 Å². The second kappa shape index (κ2) is 11.3. The first kappa shape index (κ1) is 24.0. The van der Waals surface area contributed by atoms with E-state index in [0.29, 0.717) is 44.3 Å². The lowest BCUT2D eigenvalue weighted by atomic mass is 9.95. The largest absolute Gasteiger partial charge is 0.497 e. The maximum absolute atomic E-state index is 13.5. The lowest BCUT2D eigenvalue weighted by Gasteiger charge is -2.40. The molecule has 2 aromatic carbocycles. The Labute approximate surface area is 200 Å². The van der Waals surface area contributed by atoms with E-state index in [1.54, 1.807) is 18.1 Å². The van der Waals surface area contributed by atoms with Crippen LogP contribution in [0, 0.1) is 11.7 Å². The summed E-state index contributed by atoms with van der Waals surface area (Å²) in [7, 11) is 1.60. The van der Waals surface area contributed by atoms with Crippen molar-refractivity contribution < 1.29 is 18.7 Å². The molecule has 1 unspecified atom stereocenters. The Morgan fingerprint density at radius 3 is 2.41 bits per heavy atom. The number of halogens is 1. The first-order valence-corrected chi connectivity index (χ1v) is 12.0. The number of nitrogens with one attached hydrogen (secondary N) is 2. The molecule has 8 heteroatoms. The molecule has 0 aromatic heterocycles. The van der Waals surface area contributed by atoms with E-state index in [4.69, 9.17) is 4.74 Å². The van der Waals surface area contributed by atoms with Gasteiger partial charge in [0.15, 0.2) is 0 Å².